The fourth-order valence-corrected chi connectivity index (χ4v) is 3.77. The van der Waals surface area contributed by atoms with Crippen LogP contribution in [0.3, 0.4) is 0 Å². The molecule has 0 aliphatic heterocycles. The minimum atomic E-state index is -0.708. The molecule has 1 heterocycles. The van der Waals surface area contributed by atoms with Gasteiger partial charge in [-0.2, -0.15) is 5.10 Å². The summed E-state index contributed by atoms with van der Waals surface area (Å²) in [5, 5.41) is 18.2. The molecule has 1 aromatic rings. The molecule has 1 aliphatic rings. The molecule has 0 unspecified atom stereocenters. The lowest BCUT2D eigenvalue weighted by molar-refractivity contribution is -0.122. The third kappa shape index (κ3) is 5.84. The zero-order valence-electron chi connectivity index (χ0n) is 16.4. The molecule has 0 aromatic carbocycles. The Hall–Kier alpha value is -1.36. The van der Waals surface area contributed by atoms with E-state index in [0.717, 1.165) is 37.9 Å². The number of carbonyl (C=O) groups excluding carboxylic acids is 1. The summed E-state index contributed by atoms with van der Waals surface area (Å²) in [5.74, 6) is 0.572. The van der Waals surface area contributed by atoms with Gasteiger partial charge in [-0.3, -0.25) is 9.48 Å². The van der Waals surface area contributed by atoms with Crippen molar-refractivity contribution in [3.63, 3.8) is 0 Å². The van der Waals surface area contributed by atoms with Crippen LogP contribution in [0.15, 0.2) is 0 Å². The first-order chi connectivity index (χ1) is 11.8. The molecule has 0 saturated heterocycles. The minimum absolute atomic E-state index is 0.0214. The van der Waals surface area contributed by atoms with Crippen LogP contribution in [0.1, 0.15) is 75.7 Å². The van der Waals surface area contributed by atoms with Gasteiger partial charge in [0.2, 0.25) is 5.91 Å². The van der Waals surface area contributed by atoms with Gasteiger partial charge in [-0.25, -0.2) is 0 Å². The highest BCUT2D eigenvalue weighted by Gasteiger charge is 2.28. The Balaban J connectivity index is 1.84. The molecule has 0 radical (unpaired) electrons. The number of nitrogens with zero attached hydrogens (tertiary/aromatic N) is 2. The molecule has 0 spiro atoms. The van der Waals surface area contributed by atoms with Crippen molar-refractivity contribution in [2.24, 2.45) is 5.92 Å². The Bertz CT molecular complexity index is 570. The highest BCUT2D eigenvalue weighted by Crippen LogP contribution is 2.26. The molecule has 1 aliphatic carbocycles. The van der Waals surface area contributed by atoms with E-state index in [9.17, 15) is 9.90 Å². The van der Waals surface area contributed by atoms with Gasteiger partial charge in [0.1, 0.15) is 0 Å². The molecule has 142 valence electrons. The molecule has 1 saturated carbocycles. The lowest BCUT2D eigenvalue weighted by Crippen LogP contribution is -2.42. The Morgan fingerprint density at radius 3 is 2.48 bits per heavy atom. The first-order valence-corrected chi connectivity index (χ1v) is 9.83. The summed E-state index contributed by atoms with van der Waals surface area (Å²) in [6, 6.07) is 0. The second-order valence-electron chi connectivity index (χ2n) is 8.14. The number of aromatic nitrogens is 2. The molecule has 1 amide bonds. The van der Waals surface area contributed by atoms with Crippen LogP contribution in [0.2, 0.25) is 0 Å². The number of amides is 1. The zero-order valence-corrected chi connectivity index (χ0v) is 16.4. The Morgan fingerprint density at radius 2 is 1.88 bits per heavy atom. The zero-order chi connectivity index (χ0) is 18.4. The third-order valence-electron chi connectivity index (χ3n) is 5.32. The lowest BCUT2D eigenvalue weighted by atomic mass is 9.94. The number of aryl methyl sites for hydroxylation is 1. The summed E-state index contributed by atoms with van der Waals surface area (Å²) in [4.78, 5) is 12.2. The summed E-state index contributed by atoms with van der Waals surface area (Å²) in [7, 11) is 0. The average molecular weight is 350 g/mol. The topological polar surface area (TPSA) is 67.2 Å². The quantitative estimate of drug-likeness (QED) is 0.742. The van der Waals surface area contributed by atoms with E-state index in [2.05, 4.69) is 35.9 Å². The predicted molar refractivity (Wildman–Crippen MR) is 101 cm³/mol. The van der Waals surface area contributed by atoms with Crippen molar-refractivity contribution < 1.29 is 9.90 Å². The van der Waals surface area contributed by atoms with E-state index in [-0.39, 0.29) is 5.91 Å². The third-order valence-corrected chi connectivity index (χ3v) is 5.32. The first kappa shape index (κ1) is 20.0. The van der Waals surface area contributed by atoms with Crippen LogP contribution in [0.5, 0.6) is 0 Å². The second kappa shape index (κ2) is 8.84. The monoisotopic (exact) mass is 349 g/mol. The number of aliphatic hydroxyl groups is 1. The Kier molecular flexibility index (Phi) is 7.05. The molecule has 0 bridgehead atoms. The Morgan fingerprint density at radius 1 is 1.24 bits per heavy atom. The van der Waals surface area contributed by atoms with Crippen LogP contribution >= 0.6 is 0 Å². The van der Waals surface area contributed by atoms with E-state index >= 15 is 0 Å². The van der Waals surface area contributed by atoms with Gasteiger partial charge >= 0.3 is 0 Å². The standard InChI is InChI=1S/C20H35N3O2/c1-15(2)13-23-17(4)18(16(3)22-23)9-10-19(24)21-14-20(25)11-7-5-6-8-12-20/h15,25H,5-14H2,1-4H3,(H,21,24). The molecule has 5 heteroatoms. The summed E-state index contributed by atoms with van der Waals surface area (Å²) in [6.45, 7) is 9.76. The smallest absolute Gasteiger partial charge is 0.220 e. The van der Waals surface area contributed by atoms with E-state index in [1.165, 1.54) is 24.1 Å². The van der Waals surface area contributed by atoms with Crippen LogP contribution in [-0.4, -0.2) is 32.9 Å². The maximum Gasteiger partial charge on any atom is 0.220 e. The van der Waals surface area contributed by atoms with Crippen molar-refractivity contribution in [1.82, 2.24) is 15.1 Å². The Labute approximate surface area is 152 Å². The SMILES string of the molecule is Cc1nn(CC(C)C)c(C)c1CCC(=O)NCC1(O)CCCCCC1. The van der Waals surface area contributed by atoms with Crippen LogP contribution in [-0.2, 0) is 17.8 Å². The summed E-state index contributed by atoms with van der Waals surface area (Å²) in [6.07, 6.45) is 7.25. The molecule has 0 atom stereocenters. The molecular weight excluding hydrogens is 314 g/mol. The van der Waals surface area contributed by atoms with Crippen LogP contribution in [0, 0.1) is 19.8 Å². The number of nitrogens with one attached hydrogen (secondary N) is 1. The molecule has 2 N–H and O–H groups in total. The van der Waals surface area contributed by atoms with Crippen molar-refractivity contribution in [3.05, 3.63) is 17.0 Å². The van der Waals surface area contributed by atoms with Crippen molar-refractivity contribution >= 4 is 5.91 Å². The van der Waals surface area contributed by atoms with E-state index in [1.54, 1.807) is 0 Å². The minimum Gasteiger partial charge on any atom is -0.388 e. The number of carbonyl (C=O) groups is 1. The van der Waals surface area contributed by atoms with E-state index in [0.29, 0.717) is 25.3 Å². The largest absolute Gasteiger partial charge is 0.388 e. The van der Waals surface area contributed by atoms with Gasteiger partial charge in [0.05, 0.1) is 11.3 Å². The molecule has 1 fully saturated rings. The predicted octanol–water partition coefficient (Wildman–Crippen LogP) is 3.29. The maximum atomic E-state index is 12.2. The first-order valence-electron chi connectivity index (χ1n) is 9.83. The van der Waals surface area contributed by atoms with Crippen LogP contribution in [0.25, 0.3) is 0 Å². The molecule has 5 nitrogen and oxygen atoms in total. The van der Waals surface area contributed by atoms with Gasteiger partial charge in [-0.05, 0) is 44.6 Å². The van der Waals surface area contributed by atoms with Crippen molar-refractivity contribution in [1.29, 1.82) is 0 Å². The van der Waals surface area contributed by atoms with Crippen LogP contribution in [0.4, 0.5) is 0 Å². The van der Waals surface area contributed by atoms with Gasteiger partial charge in [-0.1, -0.05) is 39.5 Å². The van der Waals surface area contributed by atoms with Crippen LogP contribution < -0.4 is 5.32 Å². The number of hydrogen-bond donors (Lipinski definition) is 2. The molecular formula is C20H35N3O2. The summed E-state index contributed by atoms with van der Waals surface area (Å²) < 4.78 is 2.06. The normalized spacial score (nSPS) is 17.5. The molecule has 2 rings (SSSR count). The van der Waals surface area contributed by atoms with E-state index in [1.807, 2.05) is 6.92 Å². The highest BCUT2D eigenvalue weighted by molar-refractivity contribution is 5.76. The fourth-order valence-electron chi connectivity index (χ4n) is 3.77. The van der Waals surface area contributed by atoms with Crippen molar-refractivity contribution in [3.8, 4) is 0 Å². The highest BCUT2D eigenvalue weighted by atomic mass is 16.3. The molecule has 1 aromatic heterocycles. The van der Waals surface area contributed by atoms with Crippen molar-refractivity contribution in [2.75, 3.05) is 6.54 Å². The van der Waals surface area contributed by atoms with Gasteiger partial charge in [-0.15, -0.1) is 0 Å². The van der Waals surface area contributed by atoms with Gasteiger partial charge in [0.25, 0.3) is 0 Å². The van der Waals surface area contributed by atoms with Gasteiger partial charge in [0.15, 0.2) is 0 Å². The van der Waals surface area contributed by atoms with E-state index < -0.39 is 5.60 Å². The number of rotatable bonds is 7. The van der Waals surface area contributed by atoms with Gasteiger partial charge < -0.3 is 10.4 Å². The second-order valence-corrected chi connectivity index (χ2v) is 8.14. The fraction of sp³-hybridized carbons (Fsp3) is 0.800. The number of hydrogen-bond acceptors (Lipinski definition) is 3. The lowest BCUT2D eigenvalue weighted by Gasteiger charge is -2.26. The summed E-state index contributed by atoms with van der Waals surface area (Å²) >= 11 is 0. The van der Waals surface area contributed by atoms with Crippen molar-refractivity contribution in [2.45, 2.75) is 91.2 Å². The van der Waals surface area contributed by atoms with E-state index in [4.69, 9.17) is 0 Å². The molecule has 25 heavy (non-hydrogen) atoms. The average Bonchev–Trinajstić information content (AvgIpc) is 2.71. The summed E-state index contributed by atoms with van der Waals surface area (Å²) in [5.41, 5.74) is 2.67. The maximum absolute atomic E-state index is 12.2. The van der Waals surface area contributed by atoms with Gasteiger partial charge in [0, 0.05) is 25.2 Å².